The van der Waals surface area contributed by atoms with Gasteiger partial charge in [0.25, 0.3) is 5.91 Å². The first-order chi connectivity index (χ1) is 7.54. The average molecular weight is 226 g/mol. The number of oxime groups is 1. The van der Waals surface area contributed by atoms with Crippen LogP contribution >= 0.6 is 0 Å². The molecule has 7 heteroatoms. The number of carbonyl (C=O) groups excluding carboxylic acids is 1. The summed E-state index contributed by atoms with van der Waals surface area (Å²) in [6, 6.07) is 1.53. The van der Waals surface area contributed by atoms with Gasteiger partial charge in [0.15, 0.2) is 0 Å². The fourth-order valence-corrected chi connectivity index (χ4v) is 1.01. The first kappa shape index (κ1) is 12.0. The monoisotopic (exact) mass is 226 g/mol. The summed E-state index contributed by atoms with van der Waals surface area (Å²) in [7, 11) is 0. The second-order valence-electron chi connectivity index (χ2n) is 3.47. The smallest absolute Gasteiger partial charge is 0.289 e. The molecule has 0 spiro atoms. The van der Waals surface area contributed by atoms with Gasteiger partial charge in [-0.3, -0.25) is 4.79 Å². The standard InChI is InChI=1S/C9H14N4O3/c1-5(8(10)12-15)4-11-9(14)7-3-6(2)13-16-7/h3,5,15H,4H2,1-2H3,(H2,10,12)(H,11,14). The van der Waals surface area contributed by atoms with Crippen LogP contribution in [0, 0.1) is 12.8 Å². The third-order valence-corrected chi connectivity index (χ3v) is 2.04. The molecule has 0 saturated carbocycles. The van der Waals surface area contributed by atoms with E-state index in [1.807, 2.05) is 0 Å². The number of nitrogens with two attached hydrogens (primary N) is 1. The molecular weight excluding hydrogens is 212 g/mol. The number of nitrogens with zero attached hydrogens (tertiary/aromatic N) is 2. The Morgan fingerprint density at radius 3 is 3.00 bits per heavy atom. The Labute approximate surface area is 92.3 Å². The van der Waals surface area contributed by atoms with Crippen molar-refractivity contribution < 1.29 is 14.5 Å². The number of amidine groups is 1. The number of hydrogen-bond donors (Lipinski definition) is 3. The van der Waals surface area contributed by atoms with E-state index in [0.29, 0.717) is 5.69 Å². The maximum absolute atomic E-state index is 11.5. The Balaban J connectivity index is 2.47. The lowest BCUT2D eigenvalue weighted by atomic mass is 10.1. The molecule has 0 aliphatic rings. The van der Waals surface area contributed by atoms with Gasteiger partial charge in [0.2, 0.25) is 5.76 Å². The number of aryl methyl sites for hydroxylation is 1. The van der Waals surface area contributed by atoms with E-state index in [1.165, 1.54) is 6.07 Å². The minimum absolute atomic E-state index is 0.0639. The second-order valence-corrected chi connectivity index (χ2v) is 3.47. The number of carbonyl (C=O) groups is 1. The van der Waals surface area contributed by atoms with E-state index in [-0.39, 0.29) is 30.0 Å². The van der Waals surface area contributed by atoms with Crippen molar-refractivity contribution >= 4 is 11.7 Å². The summed E-state index contributed by atoms with van der Waals surface area (Å²) < 4.78 is 4.77. The summed E-state index contributed by atoms with van der Waals surface area (Å²) in [5, 5.41) is 17.4. The molecule has 1 rings (SSSR count). The Morgan fingerprint density at radius 2 is 2.50 bits per heavy atom. The Bertz CT molecular complexity index is 399. The van der Waals surface area contributed by atoms with Crippen LogP contribution in [-0.4, -0.2) is 28.7 Å². The highest BCUT2D eigenvalue weighted by molar-refractivity contribution is 5.92. The average Bonchev–Trinajstić information content (AvgIpc) is 2.71. The van der Waals surface area contributed by atoms with Crippen LogP contribution in [0.3, 0.4) is 0 Å². The van der Waals surface area contributed by atoms with Gasteiger partial charge in [0.05, 0.1) is 5.69 Å². The molecule has 1 aromatic rings. The molecule has 88 valence electrons. The molecule has 16 heavy (non-hydrogen) atoms. The summed E-state index contributed by atoms with van der Waals surface area (Å²) >= 11 is 0. The number of nitrogens with one attached hydrogen (secondary N) is 1. The Kier molecular flexibility index (Phi) is 3.87. The Morgan fingerprint density at radius 1 is 1.81 bits per heavy atom. The summed E-state index contributed by atoms with van der Waals surface area (Å²) in [5.74, 6) is -0.422. The number of aromatic nitrogens is 1. The minimum atomic E-state index is -0.377. The lowest BCUT2D eigenvalue weighted by molar-refractivity contribution is 0.0914. The molecule has 1 atom stereocenters. The topological polar surface area (TPSA) is 114 Å². The highest BCUT2D eigenvalue weighted by atomic mass is 16.5. The van der Waals surface area contributed by atoms with Crippen LogP contribution < -0.4 is 11.1 Å². The molecule has 0 fully saturated rings. The van der Waals surface area contributed by atoms with E-state index in [2.05, 4.69) is 15.6 Å². The number of rotatable bonds is 4. The molecule has 0 aliphatic heterocycles. The fraction of sp³-hybridized carbons (Fsp3) is 0.444. The first-order valence-corrected chi connectivity index (χ1v) is 4.73. The molecule has 4 N–H and O–H groups in total. The van der Waals surface area contributed by atoms with Gasteiger partial charge in [-0.25, -0.2) is 0 Å². The van der Waals surface area contributed by atoms with Crippen LogP contribution in [0.1, 0.15) is 23.2 Å². The highest BCUT2D eigenvalue weighted by Gasteiger charge is 2.14. The third-order valence-electron chi connectivity index (χ3n) is 2.04. The van der Waals surface area contributed by atoms with E-state index in [9.17, 15) is 4.79 Å². The largest absolute Gasteiger partial charge is 0.409 e. The van der Waals surface area contributed by atoms with Gasteiger partial charge in [-0.1, -0.05) is 17.2 Å². The van der Waals surface area contributed by atoms with Crippen molar-refractivity contribution in [3.05, 3.63) is 17.5 Å². The zero-order valence-electron chi connectivity index (χ0n) is 9.10. The molecule has 7 nitrogen and oxygen atoms in total. The SMILES string of the molecule is Cc1cc(C(=O)NCC(C)C(N)=NO)on1. The summed E-state index contributed by atoms with van der Waals surface area (Å²) in [6.07, 6.45) is 0. The second kappa shape index (κ2) is 5.15. The number of amides is 1. The lowest BCUT2D eigenvalue weighted by Gasteiger charge is -2.09. The van der Waals surface area contributed by atoms with Gasteiger partial charge in [-0.2, -0.15) is 0 Å². The summed E-state index contributed by atoms with van der Waals surface area (Å²) in [5.41, 5.74) is 5.99. The van der Waals surface area contributed by atoms with Gasteiger partial charge in [-0.15, -0.1) is 0 Å². The highest BCUT2D eigenvalue weighted by Crippen LogP contribution is 2.02. The molecule has 1 heterocycles. The molecule has 0 aliphatic carbocycles. The van der Waals surface area contributed by atoms with Crippen molar-refractivity contribution in [2.45, 2.75) is 13.8 Å². The van der Waals surface area contributed by atoms with E-state index in [4.69, 9.17) is 15.5 Å². The van der Waals surface area contributed by atoms with E-state index in [0.717, 1.165) is 0 Å². The fourth-order valence-electron chi connectivity index (χ4n) is 1.01. The van der Waals surface area contributed by atoms with Crippen molar-refractivity contribution in [1.29, 1.82) is 0 Å². The van der Waals surface area contributed by atoms with Crippen LogP contribution in [0.5, 0.6) is 0 Å². The van der Waals surface area contributed by atoms with Crippen LogP contribution in [0.4, 0.5) is 0 Å². The summed E-state index contributed by atoms with van der Waals surface area (Å²) in [4.78, 5) is 11.5. The van der Waals surface area contributed by atoms with Crippen molar-refractivity contribution in [3.8, 4) is 0 Å². The lowest BCUT2D eigenvalue weighted by Crippen LogP contribution is -2.34. The molecule has 1 unspecified atom stereocenters. The van der Waals surface area contributed by atoms with Crippen molar-refractivity contribution in [2.75, 3.05) is 6.54 Å². The quantitative estimate of drug-likeness (QED) is 0.291. The first-order valence-electron chi connectivity index (χ1n) is 4.73. The Hall–Kier alpha value is -2.05. The zero-order chi connectivity index (χ0) is 12.1. The van der Waals surface area contributed by atoms with E-state index < -0.39 is 0 Å². The molecule has 0 bridgehead atoms. The van der Waals surface area contributed by atoms with Crippen LogP contribution in [0.15, 0.2) is 15.7 Å². The molecule has 0 saturated heterocycles. The number of hydrogen-bond acceptors (Lipinski definition) is 5. The molecule has 1 amide bonds. The van der Waals surface area contributed by atoms with E-state index in [1.54, 1.807) is 13.8 Å². The predicted octanol–water partition coefficient (Wildman–Crippen LogP) is 0.0953. The van der Waals surface area contributed by atoms with Crippen molar-refractivity contribution in [3.63, 3.8) is 0 Å². The molecular formula is C9H14N4O3. The van der Waals surface area contributed by atoms with Crippen molar-refractivity contribution in [2.24, 2.45) is 16.8 Å². The molecule has 1 aromatic heterocycles. The van der Waals surface area contributed by atoms with Crippen LogP contribution in [0.2, 0.25) is 0 Å². The molecule has 0 aromatic carbocycles. The maximum atomic E-state index is 11.5. The third kappa shape index (κ3) is 2.97. The normalized spacial score (nSPS) is 13.5. The zero-order valence-corrected chi connectivity index (χ0v) is 9.10. The van der Waals surface area contributed by atoms with Gasteiger partial charge in [0.1, 0.15) is 5.84 Å². The van der Waals surface area contributed by atoms with Gasteiger partial charge in [-0.05, 0) is 6.92 Å². The van der Waals surface area contributed by atoms with E-state index >= 15 is 0 Å². The van der Waals surface area contributed by atoms with Crippen molar-refractivity contribution in [1.82, 2.24) is 10.5 Å². The maximum Gasteiger partial charge on any atom is 0.289 e. The summed E-state index contributed by atoms with van der Waals surface area (Å²) in [6.45, 7) is 3.70. The van der Waals surface area contributed by atoms with Gasteiger partial charge in [0, 0.05) is 18.5 Å². The predicted molar refractivity (Wildman–Crippen MR) is 56.1 cm³/mol. The minimum Gasteiger partial charge on any atom is -0.409 e. The van der Waals surface area contributed by atoms with Crippen LogP contribution in [0.25, 0.3) is 0 Å². The van der Waals surface area contributed by atoms with Gasteiger partial charge >= 0.3 is 0 Å². The van der Waals surface area contributed by atoms with Crippen LogP contribution in [-0.2, 0) is 0 Å². The molecule has 0 radical (unpaired) electrons. The van der Waals surface area contributed by atoms with Gasteiger partial charge < -0.3 is 20.8 Å².